The number of hydrogen-bond acceptors (Lipinski definition) is 6. The Kier molecular flexibility index (Phi) is 6.95. The summed E-state index contributed by atoms with van der Waals surface area (Å²) in [5.41, 5.74) is -1.34. The summed E-state index contributed by atoms with van der Waals surface area (Å²) < 4.78 is 59.4. The van der Waals surface area contributed by atoms with Crippen LogP contribution in [0.5, 0.6) is 0 Å². The number of rotatable bonds is 7. The Labute approximate surface area is 239 Å². The van der Waals surface area contributed by atoms with Crippen LogP contribution in [0.25, 0.3) is 5.69 Å². The quantitative estimate of drug-likeness (QED) is 0.318. The van der Waals surface area contributed by atoms with E-state index in [0.717, 1.165) is 10.7 Å². The molecule has 0 spiro atoms. The lowest BCUT2D eigenvalue weighted by atomic mass is 9.77. The summed E-state index contributed by atoms with van der Waals surface area (Å²) >= 11 is 6.37. The molecular formula is C28H26ClF2N5O4S. The van der Waals surface area contributed by atoms with Gasteiger partial charge in [-0.1, -0.05) is 11.6 Å². The fourth-order valence-electron chi connectivity index (χ4n) is 6.41. The first-order valence-corrected chi connectivity index (χ1v) is 15.0. The summed E-state index contributed by atoms with van der Waals surface area (Å²) in [5, 5.41) is 21.1. The second-order valence-corrected chi connectivity index (χ2v) is 13.3. The average Bonchev–Trinajstić information content (AvgIpc) is 3.68. The van der Waals surface area contributed by atoms with E-state index in [1.165, 1.54) is 42.7 Å². The zero-order chi connectivity index (χ0) is 28.9. The lowest BCUT2D eigenvalue weighted by Crippen LogP contribution is -2.48. The standard InChI is InChI=1S/C28H26ClF2N5O4S/c29-21-6-5-17(27(37)34-20-12-22(30)25(31)23(13-20)36-10-2-8-33-36)11-24(21)41(39,40)26-18-3-4-19(26)15-28(38,14-18)16-35-9-1-7-32-35/h1-2,5-13,18-19,26,38H,3-4,14-16H2,(H,34,37)/t18?,19?,26-,28-. The van der Waals surface area contributed by atoms with Crippen LogP contribution in [0.15, 0.2) is 72.1 Å². The predicted octanol–water partition coefficient (Wildman–Crippen LogP) is 4.65. The average molecular weight is 602 g/mol. The first-order valence-electron chi connectivity index (χ1n) is 13.1. The first kappa shape index (κ1) is 27.6. The molecule has 2 aliphatic carbocycles. The highest BCUT2D eigenvalue weighted by atomic mass is 35.5. The van der Waals surface area contributed by atoms with E-state index in [4.69, 9.17) is 11.6 Å². The molecule has 2 unspecified atom stereocenters. The second-order valence-electron chi connectivity index (χ2n) is 10.8. The third kappa shape index (κ3) is 5.15. The van der Waals surface area contributed by atoms with Crippen LogP contribution in [0, 0.1) is 23.5 Å². The molecular weight excluding hydrogens is 576 g/mol. The van der Waals surface area contributed by atoms with E-state index in [-0.39, 0.29) is 45.2 Å². The van der Waals surface area contributed by atoms with E-state index in [1.54, 1.807) is 23.1 Å². The Hall–Kier alpha value is -3.61. The smallest absolute Gasteiger partial charge is 0.255 e. The highest BCUT2D eigenvalue weighted by Crippen LogP contribution is 2.51. The number of carbonyl (C=O) groups excluding carboxylic acids is 1. The summed E-state index contributed by atoms with van der Waals surface area (Å²) in [6.45, 7) is 0.280. The Balaban J connectivity index is 1.25. The van der Waals surface area contributed by atoms with Gasteiger partial charge in [-0.2, -0.15) is 10.2 Å². The minimum absolute atomic E-state index is 0.0170. The molecule has 0 radical (unpaired) electrons. The van der Waals surface area contributed by atoms with Gasteiger partial charge in [-0.3, -0.25) is 9.48 Å². The van der Waals surface area contributed by atoms with Gasteiger partial charge in [-0.15, -0.1) is 0 Å². The SMILES string of the molecule is O=C(Nc1cc(F)c(F)c(-n2cccn2)c1)c1ccc(Cl)c(S(=O)(=O)[C@H]2C3CCC2C[C@](O)(Cn2cccn2)C3)c1. The Morgan fingerprint density at radius 2 is 1.78 bits per heavy atom. The van der Waals surface area contributed by atoms with E-state index in [9.17, 15) is 27.1 Å². The summed E-state index contributed by atoms with van der Waals surface area (Å²) in [4.78, 5) is 13.0. The summed E-state index contributed by atoms with van der Waals surface area (Å²) in [5.74, 6) is -3.61. The zero-order valence-corrected chi connectivity index (χ0v) is 23.2. The van der Waals surface area contributed by atoms with Crippen molar-refractivity contribution in [3.8, 4) is 5.69 Å². The van der Waals surface area contributed by atoms with Crippen LogP contribution in [-0.2, 0) is 16.4 Å². The number of nitrogens with one attached hydrogen (secondary N) is 1. The first-order chi connectivity index (χ1) is 19.5. The molecule has 1 amide bonds. The molecule has 2 saturated carbocycles. The molecule has 0 aliphatic heterocycles. The Morgan fingerprint density at radius 1 is 1.07 bits per heavy atom. The van der Waals surface area contributed by atoms with Gasteiger partial charge >= 0.3 is 0 Å². The van der Waals surface area contributed by atoms with Crippen molar-refractivity contribution in [1.82, 2.24) is 19.6 Å². The molecule has 214 valence electrons. The van der Waals surface area contributed by atoms with Crippen molar-refractivity contribution in [3.05, 3.63) is 89.5 Å². The van der Waals surface area contributed by atoms with E-state index < -0.39 is 38.2 Å². The predicted molar refractivity (Wildman–Crippen MR) is 146 cm³/mol. The van der Waals surface area contributed by atoms with Crippen molar-refractivity contribution in [2.45, 2.75) is 48.0 Å². The van der Waals surface area contributed by atoms with Crippen molar-refractivity contribution in [2.75, 3.05) is 5.32 Å². The van der Waals surface area contributed by atoms with Crippen molar-refractivity contribution < 1.29 is 27.1 Å². The molecule has 2 aromatic carbocycles. The minimum Gasteiger partial charge on any atom is -0.388 e. The third-order valence-electron chi connectivity index (χ3n) is 8.01. The number of hydrogen-bond donors (Lipinski definition) is 2. The zero-order valence-electron chi connectivity index (χ0n) is 21.6. The number of benzene rings is 2. The van der Waals surface area contributed by atoms with Crippen LogP contribution in [0.4, 0.5) is 14.5 Å². The van der Waals surface area contributed by atoms with Gasteiger partial charge in [-0.25, -0.2) is 21.9 Å². The van der Waals surface area contributed by atoms with Crippen molar-refractivity contribution in [2.24, 2.45) is 11.8 Å². The van der Waals surface area contributed by atoms with Crippen LogP contribution in [0.1, 0.15) is 36.0 Å². The fourth-order valence-corrected chi connectivity index (χ4v) is 9.25. The molecule has 2 heterocycles. The van der Waals surface area contributed by atoms with Gasteiger partial charge in [0.2, 0.25) is 0 Å². The molecule has 2 fully saturated rings. The normalized spacial score (nSPS) is 24.0. The molecule has 2 bridgehead atoms. The van der Waals surface area contributed by atoms with Crippen molar-refractivity contribution >= 4 is 33.0 Å². The summed E-state index contributed by atoms with van der Waals surface area (Å²) in [6, 6.07) is 9.27. The molecule has 2 N–H and O–H groups in total. The lowest BCUT2D eigenvalue weighted by Gasteiger charge is -2.40. The van der Waals surface area contributed by atoms with E-state index in [2.05, 4.69) is 15.5 Å². The maximum Gasteiger partial charge on any atom is 0.255 e. The number of amides is 1. The third-order valence-corrected chi connectivity index (χ3v) is 10.9. The minimum atomic E-state index is -3.99. The largest absolute Gasteiger partial charge is 0.388 e. The van der Waals surface area contributed by atoms with Gasteiger partial charge in [0.25, 0.3) is 5.91 Å². The lowest BCUT2D eigenvalue weighted by molar-refractivity contribution is -0.0354. The van der Waals surface area contributed by atoms with Gasteiger partial charge in [0.15, 0.2) is 21.5 Å². The topological polar surface area (TPSA) is 119 Å². The molecule has 2 aromatic heterocycles. The molecule has 13 heteroatoms. The number of sulfone groups is 1. The van der Waals surface area contributed by atoms with Crippen LogP contribution in [0.3, 0.4) is 0 Å². The van der Waals surface area contributed by atoms with E-state index >= 15 is 0 Å². The number of halogens is 3. The monoisotopic (exact) mass is 601 g/mol. The van der Waals surface area contributed by atoms with Crippen molar-refractivity contribution in [1.29, 1.82) is 0 Å². The molecule has 0 saturated heterocycles. The molecule has 9 nitrogen and oxygen atoms in total. The number of anilines is 1. The number of nitrogens with zero attached hydrogens (tertiary/aromatic N) is 4. The maximum atomic E-state index is 14.4. The van der Waals surface area contributed by atoms with Crippen LogP contribution < -0.4 is 5.32 Å². The van der Waals surface area contributed by atoms with Crippen LogP contribution in [0.2, 0.25) is 5.02 Å². The molecule has 2 atom stereocenters. The number of fused-ring (bicyclic) bond motifs is 2. The molecule has 6 rings (SSSR count). The fraction of sp³-hybridized carbons (Fsp3) is 0.321. The van der Waals surface area contributed by atoms with Crippen molar-refractivity contribution in [3.63, 3.8) is 0 Å². The summed E-state index contributed by atoms with van der Waals surface area (Å²) in [7, 11) is -3.99. The van der Waals surface area contributed by atoms with Crippen LogP contribution >= 0.6 is 11.6 Å². The van der Waals surface area contributed by atoms with Gasteiger partial charge < -0.3 is 10.4 Å². The number of carbonyl (C=O) groups is 1. The molecule has 2 aliphatic rings. The van der Waals surface area contributed by atoms with Crippen LogP contribution in [-0.4, -0.2) is 49.8 Å². The van der Waals surface area contributed by atoms with E-state index in [1.807, 2.05) is 0 Å². The number of aliphatic hydroxyl groups is 1. The Morgan fingerprint density at radius 3 is 2.44 bits per heavy atom. The summed E-state index contributed by atoms with van der Waals surface area (Å²) in [6.07, 6.45) is 8.14. The van der Waals surface area contributed by atoms with Gasteiger partial charge in [0, 0.05) is 42.1 Å². The second kappa shape index (κ2) is 10.3. The highest BCUT2D eigenvalue weighted by molar-refractivity contribution is 7.92. The van der Waals surface area contributed by atoms with Gasteiger partial charge in [0.1, 0.15) is 5.69 Å². The highest BCUT2D eigenvalue weighted by Gasteiger charge is 2.54. The molecule has 4 aromatic rings. The maximum absolute atomic E-state index is 14.4. The van der Waals surface area contributed by atoms with Gasteiger partial charge in [0.05, 0.1) is 27.3 Å². The van der Waals surface area contributed by atoms with E-state index in [0.29, 0.717) is 25.7 Å². The molecule has 41 heavy (non-hydrogen) atoms. The van der Waals surface area contributed by atoms with Gasteiger partial charge in [-0.05, 0) is 73.9 Å². The number of aromatic nitrogens is 4. The Bertz CT molecular complexity index is 1700.